The number of nitrogens with zero attached hydrogens (tertiary/aromatic N) is 2. The Kier molecular flexibility index (Phi) is 4.99. The largest absolute Gasteiger partial charge is 0.455 e. The SMILES string of the molecule is Cc1ccc(-c2cc(COC(=O)c3ccc(Cl)c([N+](=O)[O-])c3)no2)cc1. The van der Waals surface area contributed by atoms with E-state index in [0.29, 0.717) is 11.5 Å². The number of halogens is 1. The summed E-state index contributed by atoms with van der Waals surface area (Å²) < 4.78 is 10.4. The molecule has 132 valence electrons. The van der Waals surface area contributed by atoms with Crippen molar-refractivity contribution in [1.29, 1.82) is 0 Å². The van der Waals surface area contributed by atoms with Crippen molar-refractivity contribution in [3.05, 3.63) is 80.5 Å². The zero-order valence-electron chi connectivity index (χ0n) is 13.6. The molecule has 1 aromatic heterocycles. The lowest BCUT2D eigenvalue weighted by molar-refractivity contribution is -0.384. The van der Waals surface area contributed by atoms with Crippen LogP contribution in [0.15, 0.2) is 53.1 Å². The van der Waals surface area contributed by atoms with Crippen molar-refractivity contribution in [2.75, 3.05) is 0 Å². The molecule has 0 aliphatic rings. The van der Waals surface area contributed by atoms with Crippen LogP contribution in [0.5, 0.6) is 0 Å². The van der Waals surface area contributed by atoms with Gasteiger partial charge in [0.15, 0.2) is 5.76 Å². The Balaban J connectivity index is 1.68. The Morgan fingerprint density at radius 3 is 2.65 bits per heavy atom. The average molecular weight is 373 g/mol. The van der Waals surface area contributed by atoms with Gasteiger partial charge < -0.3 is 9.26 Å². The van der Waals surface area contributed by atoms with Crippen molar-refractivity contribution < 1.29 is 19.0 Å². The minimum atomic E-state index is -0.718. The summed E-state index contributed by atoms with van der Waals surface area (Å²) in [5, 5.41) is 14.7. The van der Waals surface area contributed by atoms with Crippen LogP contribution >= 0.6 is 11.6 Å². The first-order chi connectivity index (χ1) is 12.4. The van der Waals surface area contributed by atoms with Crippen LogP contribution in [0.2, 0.25) is 5.02 Å². The lowest BCUT2D eigenvalue weighted by Crippen LogP contribution is -2.06. The number of aryl methyl sites for hydroxylation is 1. The first-order valence-electron chi connectivity index (χ1n) is 7.58. The molecule has 1 heterocycles. The van der Waals surface area contributed by atoms with Crippen LogP contribution < -0.4 is 0 Å². The predicted octanol–water partition coefficient (Wildman–Crippen LogP) is 4.57. The molecule has 0 N–H and O–H groups in total. The number of ether oxygens (including phenoxy) is 1. The molecular weight excluding hydrogens is 360 g/mol. The fourth-order valence-corrected chi connectivity index (χ4v) is 2.42. The summed E-state index contributed by atoms with van der Waals surface area (Å²) >= 11 is 5.72. The molecule has 0 atom stereocenters. The number of benzene rings is 2. The quantitative estimate of drug-likeness (QED) is 0.370. The van der Waals surface area contributed by atoms with Gasteiger partial charge in [0.25, 0.3) is 5.69 Å². The summed E-state index contributed by atoms with van der Waals surface area (Å²) in [6.45, 7) is 1.86. The van der Waals surface area contributed by atoms with Gasteiger partial charge in [0.2, 0.25) is 0 Å². The van der Waals surface area contributed by atoms with Gasteiger partial charge in [0.05, 0.1) is 10.5 Å². The van der Waals surface area contributed by atoms with Gasteiger partial charge in [0.1, 0.15) is 17.3 Å². The molecule has 0 fully saturated rings. The van der Waals surface area contributed by atoms with Gasteiger partial charge in [-0.05, 0) is 19.1 Å². The standard InChI is InChI=1S/C18H13ClN2O5/c1-11-2-4-12(5-3-11)17-9-14(20-26-17)10-25-18(22)13-6-7-15(19)16(8-13)21(23)24/h2-9H,10H2,1H3. The fourth-order valence-electron chi connectivity index (χ4n) is 2.24. The molecule has 0 aliphatic carbocycles. The number of aromatic nitrogens is 1. The molecule has 2 aromatic carbocycles. The van der Waals surface area contributed by atoms with Crippen molar-refractivity contribution in [1.82, 2.24) is 5.16 Å². The normalized spacial score (nSPS) is 10.5. The van der Waals surface area contributed by atoms with Gasteiger partial charge in [-0.3, -0.25) is 10.1 Å². The summed E-state index contributed by atoms with van der Waals surface area (Å²) in [4.78, 5) is 22.3. The van der Waals surface area contributed by atoms with Gasteiger partial charge >= 0.3 is 5.97 Å². The molecule has 0 unspecified atom stereocenters. The average Bonchev–Trinajstić information content (AvgIpc) is 3.09. The van der Waals surface area contributed by atoms with E-state index >= 15 is 0 Å². The summed E-state index contributed by atoms with van der Waals surface area (Å²) in [7, 11) is 0. The molecule has 8 heteroatoms. The third kappa shape index (κ3) is 3.89. The van der Waals surface area contributed by atoms with E-state index in [1.807, 2.05) is 31.2 Å². The third-order valence-corrected chi connectivity index (χ3v) is 3.94. The Morgan fingerprint density at radius 2 is 1.96 bits per heavy atom. The molecular formula is C18H13ClN2O5. The number of nitro benzene ring substituents is 1. The van der Waals surface area contributed by atoms with Crippen LogP contribution in [-0.2, 0) is 11.3 Å². The van der Waals surface area contributed by atoms with Crippen LogP contribution in [0.4, 0.5) is 5.69 Å². The summed E-state index contributed by atoms with van der Waals surface area (Å²) in [5.41, 5.74) is 2.08. The third-order valence-electron chi connectivity index (χ3n) is 3.62. The second-order valence-corrected chi connectivity index (χ2v) is 5.96. The van der Waals surface area contributed by atoms with Crippen molar-refractivity contribution in [3.63, 3.8) is 0 Å². The molecule has 0 aliphatic heterocycles. The number of carbonyl (C=O) groups excluding carboxylic acids is 1. The second-order valence-electron chi connectivity index (χ2n) is 5.55. The van der Waals surface area contributed by atoms with Crippen molar-refractivity contribution >= 4 is 23.3 Å². The maximum absolute atomic E-state index is 12.1. The molecule has 0 saturated heterocycles. The highest BCUT2D eigenvalue weighted by atomic mass is 35.5. The minimum absolute atomic E-state index is 0.0309. The predicted molar refractivity (Wildman–Crippen MR) is 93.9 cm³/mol. The van der Waals surface area contributed by atoms with E-state index < -0.39 is 10.9 Å². The zero-order valence-corrected chi connectivity index (χ0v) is 14.4. The van der Waals surface area contributed by atoms with Crippen LogP contribution in [-0.4, -0.2) is 16.0 Å². The maximum atomic E-state index is 12.1. The highest BCUT2D eigenvalue weighted by molar-refractivity contribution is 6.32. The van der Waals surface area contributed by atoms with E-state index in [2.05, 4.69) is 5.16 Å². The molecule has 3 rings (SSSR count). The van der Waals surface area contributed by atoms with Crippen LogP contribution in [0.3, 0.4) is 0 Å². The summed E-state index contributed by atoms with van der Waals surface area (Å²) in [6, 6.07) is 13.1. The molecule has 3 aromatic rings. The molecule has 26 heavy (non-hydrogen) atoms. The van der Waals surface area contributed by atoms with Crippen molar-refractivity contribution in [2.24, 2.45) is 0 Å². The number of nitro groups is 1. The van der Waals surface area contributed by atoms with E-state index in [0.717, 1.165) is 17.2 Å². The van der Waals surface area contributed by atoms with E-state index in [-0.39, 0.29) is 22.9 Å². The Morgan fingerprint density at radius 1 is 1.23 bits per heavy atom. The highest BCUT2D eigenvalue weighted by Gasteiger charge is 2.18. The number of hydrogen-bond acceptors (Lipinski definition) is 6. The van der Waals surface area contributed by atoms with Crippen LogP contribution in [0.25, 0.3) is 11.3 Å². The lowest BCUT2D eigenvalue weighted by Gasteiger charge is -2.03. The molecule has 0 bridgehead atoms. The van der Waals surface area contributed by atoms with E-state index in [1.54, 1.807) is 6.07 Å². The Bertz CT molecular complexity index is 966. The van der Waals surface area contributed by atoms with E-state index in [1.165, 1.54) is 12.1 Å². The number of esters is 1. The number of rotatable bonds is 5. The molecule has 7 nitrogen and oxygen atoms in total. The van der Waals surface area contributed by atoms with Crippen LogP contribution in [0.1, 0.15) is 21.6 Å². The van der Waals surface area contributed by atoms with Crippen molar-refractivity contribution in [2.45, 2.75) is 13.5 Å². The van der Waals surface area contributed by atoms with Crippen LogP contribution in [0, 0.1) is 17.0 Å². The van der Waals surface area contributed by atoms with Gasteiger partial charge in [-0.2, -0.15) is 0 Å². The lowest BCUT2D eigenvalue weighted by atomic mass is 10.1. The van der Waals surface area contributed by atoms with E-state index in [9.17, 15) is 14.9 Å². The Hall–Kier alpha value is -3.19. The Labute approximate surface area is 153 Å². The topological polar surface area (TPSA) is 95.5 Å². The van der Waals surface area contributed by atoms with Crippen molar-refractivity contribution in [3.8, 4) is 11.3 Å². The summed E-state index contributed by atoms with van der Waals surface area (Å²) in [6.07, 6.45) is 0. The van der Waals surface area contributed by atoms with Gasteiger partial charge in [-0.25, -0.2) is 4.79 Å². The zero-order chi connectivity index (χ0) is 18.7. The van der Waals surface area contributed by atoms with Gasteiger partial charge in [-0.15, -0.1) is 0 Å². The first-order valence-corrected chi connectivity index (χ1v) is 7.95. The minimum Gasteiger partial charge on any atom is -0.455 e. The maximum Gasteiger partial charge on any atom is 0.338 e. The molecule has 0 saturated carbocycles. The van der Waals surface area contributed by atoms with E-state index in [4.69, 9.17) is 20.9 Å². The monoisotopic (exact) mass is 372 g/mol. The number of hydrogen-bond donors (Lipinski definition) is 0. The van der Waals surface area contributed by atoms with Gasteiger partial charge in [-0.1, -0.05) is 46.6 Å². The molecule has 0 spiro atoms. The summed E-state index contributed by atoms with van der Waals surface area (Å²) in [5.74, 6) is -0.164. The smallest absolute Gasteiger partial charge is 0.338 e. The number of carbonyl (C=O) groups is 1. The second kappa shape index (κ2) is 7.37. The molecule has 0 radical (unpaired) electrons. The van der Waals surface area contributed by atoms with Gasteiger partial charge in [0, 0.05) is 17.7 Å². The fraction of sp³-hybridized carbons (Fsp3) is 0.111. The first kappa shape index (κ1) is 17.6. The highest BCUT2D eigenvalue weighted by Crippen LogP contribution is 2.26. The molecule has 0 amide bonds.